The Balaban J connectivity index is 2.20. The van der Waals surface area contributed by atoms with E-state index in [2.05, 4.69) is 6.92 Å². The fourth-order valence-electron chi connectivity index (χ4n) is 2.82. The van der Waals surface area contributed by atoms with Crippen molar-refractivity contribution in [2.75, 3.05) is 7.11 Å². The molecule has 1 aliphatic carbocycles. The number of aliphatic hydroxyl groups is 1. The van der Waals surface area contributed by atoms with Crippen molar-refractivity contribution in [3.05, 3.63) is 29.6 Å². The van der Waals surface area contributed by atoms with Crippen molar-refractivity contribution >= 4 is 0 Å². The van der Waals surface area contributed by atoms with Crippen molar-refractivity contribution < 1.29 is 14.2 Å². The lowest BCUT2D eigenvalue weighted by molar-refractivity contribution is 0.0703. The van der Waals surface area contributed by atoms with Gasteiger partial charge in [-0.3, -0.25) is 0 Å². The summed E-state index contributed by atoms with van der Waals surface area (Å²) < 4.78 is 19.0. The van der Waals surface area contributed by atoms with E-state index in [1.165, 1.54) is 13.2 Å². The molecule has 0 radical (unpaired) electrons. The lowest BCUT2D eigenvalue weighted by Crippen LogP contribution is -2.20. The van der Waals surface area contributed by atoms with Gasteiger partial charge >= 0.3 is 0 Å². The second-order valence-electron chi connectivity index (χ2n) is 5.32. The fourth-order valence-corrected chi connectivity index (χ4v) is 2.82. The van der Waals surface area contributed by atoms with E-state index in [1.807, 2.05) is 0 Å². The van der Waals surface area contributed by atoms with Crippen molar-refractivity contribution in [1.82, 2.24) is 0 Å². The van der Waals surface area contributed by atoms with Gasteiger partial charge in [-0.25, -0.2) is 4.39 Å². The van der Waals surface area contributed by atoms with Gasteiger partial charge in [-0.1, -0.05) is 25.8 Å². The zero-order valence-electron chi connectivity index (χ0n) is 11.0. The smallest absolute Gasteiger partial charge is 0.132 e. The van der Waals surface area contributed by atoms with Crippen LogP contribution in [-0.2, 0) is 0 Å². The van der Waals surface area contributed by atoms with Gasteiger partial charge in [-0.15, -0.1) is 0 Å². The molecule has 1 aromatic carbocycles. The van der Waals surface area contributed by atoms with E-state index < -0.39 is 6.10 Å². The first-order chi connectivity index (χ1) is 8.63. The van der Waals surface area contributed by atoms with Gasteiger partial charge in [0.15, 0.2) is 0 Å². The van der Waals surface area contributed by atoms with Gasteiger partial charge in [0.25, 0.3) is 0 Å². The van der Waals surface area contributed by atoms with Crippen LogP contribution in [0.3, 0.4) is 0 Å². The zero-order chi connectivity index (χ0) is 13.1. The van der Waals surface area contributed by atoms with E-state index in [0.29, 0.717) is 11.3 Å². The van der Waals surface area contributed by atoms with Crippen LogP contribution >= 0.6 is 0 Å². The molecule has 100 valence electrons. The predicted molar refractivity (Wildman–Crippen MR) is 69.0 cm³/mol. The fraction of sp³-hybridized carbons (Fsp3) is 0.600. The molecule has 2 rings (SSSR count). The highest BCUT2D eigenvalue weighted by Crippen LogP contribution is 2.40. The number of aliphatic hydroxyl groups excluding tert-OH is 1. The van der Waals surface area contributed by atoms with Crippen molar-refractivity contribution in [2.24, 2.45) is 11.8 Å². The van der Waals surface area contributed by atoms with Crippen LogP contribution < -0.4 is 4.74 Å². The van der Waals surface area contributed by atoms with E-state index >= 15 is 0 Å². The molecule has 0 spiro atoms. The molecular formula is C15H21FO2. The maximum absolute atomic E-state index is 13.9. The molecule has 0 saturated heterocycles. The van der Waals surface area contributed by atoms with Crippen LogP contribution in [-0.4, -0.2) is 12.2 Å². The molecule has 1 aliphatic rings. The Bertz CT molecular complexity index is 397. The molecule has 1 N–H and O–H groups in total. The molecule has 0 heterocycles. The van der Waals surface area contributed by atoms with E-state index in [0.717, 1.165) is 31.6 Å². The van der Waals surface area contributed by atoms with Crippen molar-refractivity contribution in [2.45, 2.75) is 38.7 Å². The number of rotatable bonds is 3. The van der Waals surface area contributed by atoms with Crippen molar-refractivity contribution in [3.8, 4) is 5.75 Å². The van der Waals surface area contributed by atoms with E-state index in [1.54, 1.807) is 12.1 Å². The van der Waals surface area contributed by atoms with Gasteiger partial charge in [0.2, 0.25) is 0 Å². The van der Waals surface area contributed by atoms with E-state index in [-0.39, 0.29) is 11.7 Å². The molecule has 2 nitrogen and oxygen atoms in total. The van der Waals surface area contributed by atoms with Crippen LogP contribution in [0, 0.1) is 17.7 Å². The normalized spacial score (nSPS) is 25.8. The minimum absolute atomic E-state index is 0.145. The molecular weight excluding hydrogens is 231 g/mol. The summed E-state index contributed by atoms with van der Waals surface area (Å²) in [6, 6.07) is 4.69. The Morgan fingerprint density at radius 2 is 1.94 bits per heavy atom. The third-order valence-electron chi connectivity index (χ3n) is 4.04. The van der Waals surface area contributed by atoms with Crippen LogP contribution in [0.1, 0.15) is 44.3 Å². The quantitative estimate of drug-likeness (QED) is 0.889. The molecule has 18 heavy (non-hydrogen) atoms. The summed E-state index contributed by atoms with van der Waals surface area (Å²) in [5, 5.41) is 10.4. The third-order valence-corrected chi connectivity index (χ3v) is 4.04. The van der Waals surface area contributed by atoms with Crippen LogP contribution in [0.2, 0.25) is 0 Å². The Morgan fingerprint density at radius 3 is 2.56 bits per heavy atom. The molecule has 0 aromatic heterocycles. The van der Waals surface area contributed by atoms with Gasteiger partial charge in [0.05, 0.1) is 18.8 Å². The second-order valence-corrected chi connectivity index (χ2v) is 5.32. The third kappa shape index (κ3) is 2.66. The first-order valence-electron chi connectivity index (χ1n) is 6.64. The monoisotopic (exact) mass is 252 g/mol. The summed E-state index contributed by atoms with van der Waals surface area (Å²) >= 11 is 0. The molecule has 1 unspecified atom stereocenters. The van der Waals surface area contributed by atoms with Gasteiger partial charge < -0.3 is 9.84 Å². The predicted octanol–water partition coefficient (Wildman–Crippen LogP) is 3.69. The molecule has 0 aliphatic heterocycles. The average Bonchev–Trinajstić information content (AvgIpc) is 2.38. The number of ether oxygens (including phenoxy) is 1. The van der Waals surface area contributed by atoms with Crippen LogP contribution in [0.4, 0.5) is 4.39 Å². The highest BCUT2D eigenvalue weighted by Gasteiger charge is 2.29. The number of methoxy groups -OCH3 is 1. The Labute approximate surface area is 108 Å². The summed E-state index contributed by atoms with van der Waals surface area (Å²) in [6.45, 7) is 2.23. The average molecular weight is 252 g/mol. The Hall–Kier alpha value is -1.09. The number of halogens is 1. The molecule has 1 saturated carbocycles. The van der Waals surface area contributed by atoms with Crippen molar-refractivity contribution in [3.63, 3.8) is 0 Å². The summed E-state index contributed by atoms with van der Waals surface area (Å²) in [5.41, 5.74) is 0.319. The summed E-state index contributed by atoms with van der Waals surface area (Å²) in [6.07, 6.45) is 3.38. The molecule has 0 bridgehead atoms. The Kier molecular flexibility index (Phi) is 4.23. The molecule has 1 fully saturated rings. The standard InChI is InChI=1S/C15H21FO2/c1-10-6-8-11(9-7-10)15(17)14-12(16)4-3-5-13(14)18-2/h3-5,10-11,15,17H,6-9H2,1-2H3. The topological polar surface area (TPSA) is 29.5 Å². The van der Waals surface area contributed by atoms with E-state index in [9.17, 15) is 9.50 Å². The highest BCUT2D eigenvalue weighted by atomic mass is 19.1. The maximum Gasteiger partial charge on any atom is 0.132 e. The van der Waals surface area contributed by atoms with E-state index in [4.69, 9.17) is 4.74 Å². The maximum atomic E-state index is 13.9. The highest BCUT2D eigenvalue weighted by molar-refractivity contribution is 5.36. The summed E-state index contributed by atoms with van der Waals surface area (Å²) in [4.78, 5) is 0. The lowest BCUT2D eigenvalue weighted by Gasteiger charge is -2.30. The summed E-state index contributed by atoms with van der Waals surface area (Å²) in [5.74, 6) is 0.935. The van der Waals surface area contributed by atoms with Gasteiger partial charge in [0, 0.05) is 0 Å². The molecule has 1 atom stereocenters. The van der Waals surface area contributed by atoms with Crippen molar-refractivity contribution in [1.29, 1.82) is 0 Å². The van der Waals surface area contributed by atoms with Gasteiger partial charge in [0.1, 0.15) is 11.6 Å². The first kappa shape index (κ1) is 13.3. The summed E-state index contributed by atoms with van der Waals surface area (Å²) in [7, 11) is 1.51. The van der Waals surface area contributed by atoms with Crippen LogP contribution in [0.25, 0.3) is 0 Å². The minimum atomic E-state index is -0.756. The first-order valence-corrected chi connectivity index (χ1v) is 6.64. The SMILES string of the molecule is COc1cccc(F)c1C(O)C1CCC(C)CC1. The number of benzene rings is 1. The number of hydrogen-bond acceptors (Lipinski definition) is 2. The van der Waals surface area contributed by atoms with Crippen LogP contribution in [0.15, 0.2) is 18.2 Å². The lowest BCUT2D eigenvalue weighted by atomic mass is 9.78. The number of hydrogen-bond donors (Lipinski definition) is 1. The Morgan fingerprint density at radius 1 is 1.28 bits per heavy atom. The van der Waals surface area contributed by atoms with Crippen LogP contribution in [0.5, 0.6) is 5.75 Å². The van der Waals surface area contributed by atoms with Gasteiger partial charge in [-0.05, 0) is 36.8 Å². The minimum Gasteiger partial charge on any atom is -0.496 e. The zero-order valence-corrected chi connectivity index (χ0v) is 11.0. The largest absolute Gasteiger partial charge is 0.496 e. The molecule has 0 amide bonds. The second kappa shape index (κ2) is 5.70. The van der Waals surface area contributed by atoms with Gasteiger partial charge in [-0.2, -0.15) is 0 Å². The molecule has 3 heteroatoms. The molecule has 1 aromatic rings.